The molecule has 2 saturated heterocycles. The van der Waals surface area contributed by atoms with Gasteiger partial charge in [-0.3, -0.25) is 4.79 Å². The Morgan fingerprint density at radius 3 is 2.82 bits per heavy atom. The first kappa shape index (κ1) is 12.8. The Balaban J connectivity index is 1.98. The van der Waals surface area contributed by atoms with E-state index in [9.17, 15) is 4.79 Å². The topological polar surface area (TPSA) is 85.0 Å². The summed E-state index contributed by atoms with van der Waals surface area (Å²) in [7, 11) is 0. The standard InChI is InChI=1S/C11H20N2O4/c1-7-2-13(3-8(4-14)17-7)11(15)9-5-16-6-10(9)12/h7-10,14H,2-6,12H2,1H3. The van der Waals surface area contributed by atoms with E-state index in [0.29, 0.717) is 26.3 Å². The van der Waals surface area contributed by atoms with Gasteiger partial charge >= 0.3 is 0 Å². The number of ether oxygens (including phenoxy) is 2. The van der Waals surface area contributed by atoms with Crippen LogP contribution in [-0.2, 0) is 14.3 Å². The molecule has 2 fully saturated rings. The molecular formula is C11H20N2O4. The second kappa shape index (κ2) is 5.30. The second-order valence-electron chi connectivity index (χ2n) is 4.80. The molecule has 0 saturated carbocycles. The number of aliphatic hydroxyl groups is 1. The van der Waals surface area contributed by atoms with Crippen molar-refractivity contribution in [2.45, 2.75) is 25.2 Å². The summed E-state index contributed by atoms with van der Waals surface area (Å²) in [5.74, 6) is -0.233. The van der Waals surface area contributed by atoms with Crippen LogP contribution in [0.2, 0.25) is 0 Å². The van der Waals surface area contributed by atoms with Crippen molar-refractivity contribution in [1.82, 2.24) is 4.90 Å². The fourth-order valence-corrected chi connectivity index (χ4v) is 2.39. The highest BCUT2D eigenvalue weighted by atomic mass is 16.5. The summed E-state index contributed by atoms with van der Waals surface area (Å²) in [6, 6.07) is -0.215. The summed E-state index contributed by atoms with van der Waals surface area (Å²) in [6.45, 7) is 3.66. The van der Waals surface area contributed by atoms with Crippen molar-refractivity contribution in [3.05, 3.63) is 0 Å². The number of carbonyl (C=O) groups is 1. The molecule has 17 heavy (non-hydrogen) atoms. The molecule has 2 heterocycles. The number of aliphatic hydroxyl groups excluding tert-OH is 1. The average Bonchev–Trinajstić information content (AvgIpc) is 2.73. The van der Waals surface area contributed by atoms with Gasteiger partial charge in [0.2, 0.25) is 5.91 Å². The molecule has 2 rings (SSSR count). The number of hydrogen-bond acceptors (Lipinski definition) is 5. The Morgan fingerprint density at radius 2 is 2.24 bits per heavy atom. The molecule has 0 radical (unpaired) electrons. The summed E-state index contributed by atoms with van der Waals surface area (Å²) < 4.78 is 10.7. The van der Waals surface area contributed by atoms with E-state index < -0.39 is 0 Å². The van der Waals surface area contributed by atoms with Crippen LogP contribution in [0.4, 0.5) is 0 Å². The summed E-state index contributed by atoms with van der Waals surface area (Å²) in [4.78, 5) is 14.0. The number of rotatable bonds is 2. The van der Waals surface area contributed by atoms with Crippen LogP contribution in [0.1, 0.15) is 6.92 Å². The monoisotopic (exact) mass is 244 g/mol. The Bertz CT molecular complexity index is 287. The SMILES string of the molecule is CC1CN(C(=O)C2COCC2N)CC(CO)O1. The Labute approximate surface area is 101 Å². The third-order valence-electron chi connectivity index (χ3n) is 3.28. The molecule has 4 atom stereocenters. The van der Waals surface area contributed by atoms with Gasteiger partial charge in [-0.15, -0.1) is 0 Å². The predicted molar refractivity (Wildman–Crippen MR) is 60.3 cm³/mol. The van der Waals surface area contributed by atoms with Gasteiger partial charge in [0, 0.05) is 19.1 Å². The molecule has 0 aliphatic carbocycles. The van der Waals surface area contributed by atoms with Crippen LogP contribution < -0.4 is 5.73 Å². The van der Waals surface area contributed by atoms with Crippen molar-refractivity contribution < 1.29 is 19.4 Å². The molecule has 2 aliphatic rings. The lowest BCUT2D eigenvalue weighted by molar-refractivity contribution is -0.151. The summed E-state index contributed by atoms with van der Waals surface area (Å²) >= 11 is 0. The first-order valence-electron chi connectivity index (χ1n) is 6.00. The summed E-state index contributed by atoms with van der Waals surface area (Å²) in [5, 5.41) is 9.11. The van der Waals surface area contributed by atoms with E-state index in [1.807, 2.05) is 6.92 Å². The van der Waals surface area contributed by atoms with Crippen LogP contribution >= 0.6 is 0 Å². The normalized spacial score (nSPS) is 38.4. The smallest absolute Gasteiger partial charge is 0.229 e. The maximum absolute atomic E-state index is 12.2. The fraction of sp³-hybridized carbons (Fsp3) is 0.909. The first-order valence-corrected chi connectivity index (χ1v) is 6.00. The number of carbonyl (C=O) groups excluding carboxylic acids is 1. The van der Waals surface area contributed by atoms with Gasteiger partial charge in [-0.1, -0.05) is 0 Å². The molecule has 98 valence electrons. The van der Waals surface area contributed by atoms with E-state index in [-0.39, 0.29) is 36.7 Å². The van der Waals surface area contributed by atoms with Crippen molar-refractivity contribution in [2.24, 2.45) is 11.7 Å². The Kier molecular flexibility index (Phi) is 3.98. The van der Waals surface area contributed by atoms with Crippen molar-refractivity contribution in [1.29, 1.82) is 0 Å². The van der Waals surface area contributed by atoms with Gasteiger partial charge in [-0.2, -0.15) is 0 Å². The van der Waals surface area contributed by atoms with Crippen LogP contribution in [0.25, 0.3) is 0 Å². The largest absolute Gasteiger partial charge is 0.394 e. The van der Waals surface area contributed by atoms with E-state index >= 15 is 0 Å². The second-order valence-corrected chi connectivity index (χ2v) is 4.80. The van der Waals surface area contributed by atoms with E-state index in [1.54, 1.807) is 4.90 Å². The number of morpholine rings is 1. The minimum absolute atomic E-state index is 0.0172. The molecule has 0 aromatic rings. The molecule has 4 unspecified atom stereocenters. The third kappa shape index (κ3) is 2.77. The van der Waals surface area contributed by atoms with Crippen molar-refractivity contribution in [3.63, 3.8) is 0 Å². The van der Waals surface area contributed by atoms with E-state index in [2.05, 4.69) is 0 Å². The zero-order valence-electron chi connectivity index (χ0n) is 10.0. The molecule has 2 aliphatic heterocycles. The van der Waals surface area contributed by atoms with Gasteiger partial charge in [0.1, 0.15) is 0 Å². The molecule has 0 spiro atoms. The molecule has 3 N–H and O–H groups in total. The van der Waals surface area contributed by atoms with E-state index in [0.717, 1.165) is 0 Å². The van der Waals surface area contributed by atoms with E-state index in [4.69, 9.17) is 20.3 Å². The Hall–Kier alpha value is -0.690. The minimum atomic E-state index is -0.291. The maximum Gasteiger partial charge on any atom is 0.229 e. The lowest BCUT2D eigenvalue weighted by atomic mass is 10.0. The minimum Gasteiger partial charge on any atom is -0.394 e. The Morgan fingerprint density at radius 1 is 1.47 bits per heavy atom. The summed E-state index contributed by atoms with van der Waals surface area (Å²) in [6.07, 6.45) is -0.343. The number of nitrogens with zero attached hydrogens (tertiary/aromatic N) is 1. The molecule has 1 amide bonds. The van der Waals surface area contributed by atoms with Crippen LogP contribution in [0, 0.1) is 5.92 Å². The highest BCUT2D eigenvalue weighted by Gasteiger charge is 2.37. The molecule has 6 heteroatoms. The molecule has 0 aromatic heterocycles. The molecule has 0 bridgehead atoms. The van der Waals surface area contributed by atoms with Gasteiger partial charge in [-0.25, -0.2) is 0 Å². The molecule has 0 aromatic carbocycles. The van der Waals surface area contributed by atoms with Crippen molar-refractivity contribution in [2.75, 3.05) is 32.9 Å². The van der Waals surface area contributed by atoms with Crippen LogP contribution in [0.3, 0.4) is 0 Å². The first-order chi connectivity index (χ1) is 8.11. The average molecular weight is 244 g/mol. The van der Waals surface area contributed by atoms with Crippen molar-refractivity contribution >= 4 is 5.91 Å². The molecular weight excluding hydrogens is 224 g/mol. The maximum atomic E-state index is 12.2. The quantitative estimate of drug-likeness (QED) is 0.622. The van der Waals surface area contributed by atoms with Crippen LogP contribution in [-0.4, -0.2) is 67.1 Å². The van der Waals surface area contributed by atoms with Gasteiger partial charge in [-0.05, 0) is 6.92 Å². The zero-order chi connectivity index (χ0) is 12.4. The predicted octanol–water partition coefficient (Wildman–Crippen LogP) is -1.43. The van der Waals surface area contributed by atoms with Gasteiger partial charge in [0.05, 0.1) is 37.9 Å². The third-order valence-corrected chi connectivity index (χ3v) is 3.28. The van der Waals surface area contributed by atoms with Crippen molar-refractivity contribution in [3.8, 4) is 0 Å². The lowest BCUT2D eigenvalue weighted by Gasteiger charge is -2.37. The van der Waals surface area contributed by atoms with Gasteiger partial charge in [0.25, 0.3) is 0 Å². The summed E-state index contributed by atoms with van der Waals surface area (Å²) in [5.41, 5.74) is 5.84. The van der Waals surface area contributed by atoms with Gasteiger partial charge < -0.3 is 25.2 Å². The number of hydrogen-bond donors (Lipinski definition) is 2. The number of nitrogens with two attached hydrogens (primary N) is 1. The lowest BCUT2D eigenvalue weighted by Crippen LogP contribution is -2.53. The highest BCUT2D eigenvalue weighted by Crippen LogP contribution is 2.18. The van der Waals surface area contributed by atoms with Gasteiger partial charge in [0.15, 0.2) is 0 Å². The molecule has 6 nitrogen and oxygen atoms in total. The number of amides is 1. The zero-order valence-corrected chi connectivity index (χ0v) is 10.0. The highest BCUT2D eigenvalue weighted by molar-refractivity contribution is 5.80. The fourth-order valence-electron chi connectivity index (χ4n) is 2.39. The van der Waals surface area contributed by atoms with Crippen LogP contribution in [0.5, 0.6) is 0 Å². The van der Waals surface area contributed by atoms with Crippen LogP contribution in [0.15, 0.2) is 0 Å². The van der Waals surface area contributed by atoms with E-state index in [1.165, 1.54) is 0 Å².